The molecule has 0 fully saturated rings. The maximum atomic E-state index is 5.67. The minimum Gasteiger partial charge on any atom is -0.494 e. The van der Waals surface area contributed by atoms with Crippen molar-refractivity contribution >= 4 is 0 Å². The van der Waals surface area contributed by atoms with Crippen LogP contribution in [0.4, 0.5) is 0 Å². The Morgan fingerprint density at radius 1 is 0.684 bits per heavy atom. The molecule has 0 bridgehead atoms. The molecule has 2 heteroatoms. The van der Waals surface area contributed by atoms with Crippen LogP contribution in [0.15, 0.2) is 30.3 Å². The average molecular weight is 263 g/mol. The van der Waals surface area contributed by atoms with E-state index in [1.165, 1.54) is 57.8 Å². The first-order valence-corrected chi connectivity index (χ1v) is 7.81. The van der Waals surface area contributed by atoms with Crippen LogP contribution in [0.25, 0.3) is 0 Å². The Labute approximate surface area is 118 Å². The second kappa shape index (κ2) is 12.0. The molecule has 0 aliphatic carbocycles. The van der Waals surface area contributed by atoms with Gasteiger partial charge in [-0.1, -0.05) is 63.1 Å². The minimum atomic E-state index is 0.848. The molecule has 2 N–H and O–H groups in total. The van der Waals surface area contributed by atoms with Crippen molar-refractivity contribution in [3.05, 3.63) is 30.3 Å². The number of rotatable bonds is 12. The van der Waals surface area contributed by atoms with Crippen LogP contribution in [0.5, 0.6) is 5.75 Å². The van der Waals surface area contributed by atoms with E-state index in [0.29, 0.717) is 0 Å². The topological polar surface area (TPSA) is 35.2 Å². The molecule has 0 radical (unpaired) electrons. The van der Waals surface area contributed by atoms with Crippen molar-refractivity contribution in [1.82, 2.24) is 0 Å². The summed E-state index contributed by atoms with van der Waals surface area (Å²) in [4.78, 5) is 0. The summed E-state index contributed by atoms with van der Waals surface area (Å²) in [5.41, 5.74) is 5.47. The molecule has 0 saturated carbocycles. The van der Waals surface area contributed by atoms with E-state index in [2.05, 4.69) is 0 Å². The van der Waals surface area contributed by atoms with Crippen molar-refractivity contribution in [2.45, 2.75) is 57.8 Å². The minimum absolute atomic E-state index is 0.848. The Balaban J connectivity index is 1.79. The van der Waals surface area contributed by atoms with Crippen molar-refractivity contribution < 1.29 is 4.74 Å². The van der Waals surface area contributed by atoms with Crippen molar-refractivity contribution in [2.75, 3.05) is 13.2 Å². The Kier molecular flexibility index (Phi) is 10.2. The van der Waals surface area contributed by atoms with Gasteiger partial charge in [0.05, 0.1) is 6.61 Å². The van der Waals surface area contributed by atoms with Crippen molar-refractivity contribution in [3.63, 3.8) is 0 Å². The number of nitrogens with two attached hydrogens (primary N) is 1. The molecule has 19 heavy (non-hydrogen) atoms. The van der Waals surface area contributed by atoms with Gasteiger partial charge >= 0.3 is 0 Å². The molecule has 0 amide bonds. The molecule has 0 aliphatic heterocycles. The fourth-order valence-corrected chi connectivity index (χ4v) is 2.19. The standard InChI is InChI=1S/C17H29NO/c18-15-11-6-4-2-1-3-5-7-12-16-19-17-13-9-8-10-14-17/h8-10,13-14H,1-7,11-12,15-16,18H2. The number of para-hydroxylation sites is 1. The van der Waals surface area contributed by atoms with Gasteiger partial charge in [-0.15, -0.1) is 0 Å². The van der Waals surface area contributed by atoms with Gasteiger partial charge in [0.1, 0.15) is 5.75 Å². The average Bonchev–Trinajstić information content (AvgIpc) is 2.46. The maximum Gasteiger partial charge on any atom is 0.119 e. The first-order chi connectivity index (χ1) is 9.43. The van der Waals surface area contributed by atoms with E-state index in [0.717, 1.165) is 18.9 Å². The van der Waals surface area contributed by atoms with Gasteiger partial charge in [-0.25, -0.2) is 0 Å². The van der Waals surface area contributed by atoms with Gasteiger partial charge in [-0.05, 0) is 31.5 Å². The van der Waals surface area contributed by atoms with Crippen LogP contribution in [0.3, 0.4) is 0 Å². The number of hydrogen-bond donors (Lipinski definition) is 1. The molecular weight excluding hydrogens is 234 g/mol. The second-order valence-electron chi connectivity index (χ2n) is 5.13. The van der Waals surface area contributed by atoms with Crippen LogP contribution >= 0.6 is 0 Å². The quantitative estimate of drug-likeness (QED) is 0.562. The van der Waals surface area contributed by atoms with E-state index in [9.17, 15) is 0 Å². The Morgan fingerprint density at radius 3 is 1.79 bits per heavy atom. The summed E-state index contributed by atoms with van der Waals surface area (Å²) in [6.07, 6.45) is 11.8. The smallest absolute Gasteiger partial charge is 0.119 e. The summed E-state index contributed by atoms with van der Waals surface area (Å²) in [6, 6.07) is 10.1. The van der Waals surface area contributed by atoms with Crippen LogP contribution in [-0.4, -0.2) is 13.2 Å². The highest BCUT2D eigenvalue weighted by molar-refractivity contribution is 5.20. The molecule has 1 aromatic carbocycles. The summed E-state index contributed by atoms with van der Waals surface area (Å²) in [6.45, 7) is 1.70. The Bertz CT molecular complexity index is 287. The third kappa shape index (κ3) is 9.54. The van der Waals surface area contributed by atoms with Crippen LogP contribution in [0, 0.1) is 0 Å². The molecule has 0 atom stereocenters. The molecule has 2 nitrogen and oxygen atoms in total. The Hall–Kier alpha value is -1.02. The summed E-state index contributed by atoms with van der Waals surface area (Å²) in [5.74, 6) is 0.988. The van der Waals surface area contributed by atoms with E-state index in [4.69, 9.17) is 10.5 Å². The first-order valence-electron chi connectivity index (χ1n) is 7.81. The normalized spacial score (nSPS) is 10.6. The zero-order valence-electron chi connectivity index (χ0n) is 12.2. The van der Waals surface area contributed by atoms with E-state index in [-0.39, 0.29) is 0 Å². The first kappa shape index (κ1) is 16.0. The monoisotopic (exact) mass is 263 g/mol. The Morgan fingerprint density at radius 2 is 1.21 bits per heavy atom. The van der Waals surface area contributed by atoms with Gasteiger partial charge in [0.2, 0.25) is 0 Å². The SMILES string of the molecule is NCCCCCCCCCCCOc1ccccc1. The van der Waals surface area contributed by atoms with E-state index >= 15 is 0 Å². The van der Waals surface area contributed by atoms with Crippen LogP contribution < -0.4 is 10.5 Å². The van der Waals surface area contributed by atoms with Gasteiger partial charge < -0.3 is 10.5 Å². The predicted molar refractivity (Wildman–Crippen MR) is 82.5 cm³/mol. The van der Waals surface area contributed by atoms with E-state index in [1.807, 2.05) is 30.3 Å². The third-order valence-electron chi connectivity index (χ3n) is 3.36. The zero-order chi connectivity index (χ0) is 13.6. The van der Waals surface area contributed by atoms with Crippen LogP contribution in [0.2, 0.25) is 0 Å². The molecule has 108 valence electrons. The van der Waals surface area contributed by atoms with Crippen LogP contribution in [0.1, 0.15) is 57.8 Å². The van der Waals surface area contributed by atoms with Gasteiger partial charge in [-0.3, -0.25) is 0 Å². The lowest BCUT2D eigenvalue weighted by Crippen LogP contribution is -1.97. The lowest BCUT2D eigenvalue weighted by Gasteiger charge is -2.05. The summed E-state index contributed by atoms with van der Waals surface area (Å²) in [7, 11) is 0. The van der Waals surface area contributed by atoms with Gasteiger partial charge in [0, 0.05) is 0 Å². The fraction of sp³-hybridized carbons (Fsp3) is 0.647. The highest BCUT2D eigenvalue weighted by atomic mass is 16.5. The van der Waals surface area contributed by atoms with Crippen molar-refractivity contribution in [3.8, 4) is 5.75 Å². The predicted octanol–water partition coefficient (Wildman–Crippen LogP) is 4.54. The van der Waals surface area contributed by atoms with Crippen molar-refractivity contribution in [1.29, 1.82) is 0 Å². The number of benzene rings is 1. The molecule has 0 aliphatic rings. The fourth-order valence-electron chi connectivity index (χ4n) is 2.19. The molecule has 0 saturated heterocycles. The number of ether oxygens (including phenoxy) is 1. The maximum absolute atomic E-state index is 5.67. The highest BCUT2D eigenvalue weighted by Gasteiger charge is 1.94. The van der Waals surface area contributed by atoms with Gasteiger partial charge in [0.15, 0.2) is 0 Å². The number of hydrogen-bond acceptors (Lipinski definition) is 2. The second-order valence-corrected chi connectivity index (χ2v) is 5.13. The molecule has 0 heterocycles. The van der Waals surface area contributed by atoms with E-state index < -0.39 is 0 Å². The summed E-state index contributed by atoms with van der Waals surface area (Å²) >= 11 is 0. The lowest BCUT2D eigenvalue weighted by molar-refractivity contribution is 0.304. The summed E-state index contributed by atoms with van der Waals surface area (Å²) in [5, 5.41) is 0. The van der Waals surface area contributed by atoms with Gasteiger partial charge in [-0.2, -0.15) is 0 Å². The molecular formula is C17H29NO. The molecule has 1 aromatic rings. The molecule has 0 spiro atoms. The largest absolute Gasteiger partial charge is 0.494 e. The molecule has 0 aromatic heterocycles. The van der Waals surface area contributed by atoms with E-state index in [1.54, 1.807) is 0 Å². The van der Waals surface area contributed by atoms with Crippen molar-refractivity contribution in [2.24, 2.45) is 5.73 Å². The number of unbranched alkanes of at least 4 members (excludes halogenated alkanes) is 8. The zero-order valence-corrected chi connectivity index (χ0v) is 12.2. The summed E-state index contributed by atoms with van der Waals surface area (Å²) < 4.78 is 5.67. The van der Waals surface area contributed by atoms with Gasteiger partial charge in [0.25, 0.3) is 0 Å². The third-order valence-corrected chi connectivity index (χ3v) is 3.36. The lowest BCUT2D eigenvalue weighted by atomic mass is 10.1. The molecule has 1 rings (SSSR count). The molecule has 0 unspecified atom stereocenters. The highest BCUT2D eigenvalue weighted by Crippen LogP contribution is 2.11. The van der Waals surface area contributed by atoms with Crippen LogP contribution in [-0.2, 0) is 0 Å².